The Morgan fingerprint density at radius 3 is 2.67 bits per heavy atom. The molecule has 0 spiro atoms. The second-order valence-electron chi connectivity index (χ2n) is 7.19. The number of aromatic nitrogens is 1. The van der Waals surface area contributed by atoms with Gasteiger partial charge in [0, 0.05) is 22.1 Å². The van der Waals surface area contributed by atoms with Crippen LogP contribution in [-0.2, 0) is 10.8 Å². The van der Waals surface area contributed by atoms with Gasteiger partial charge in [-0.3, -0.25) is 14.0 Å². The number of hydrogen-bond donors (Lipinski definition) is 2. The SMILES string of the molecule is CCCC1(CC)C(N)=NC(c2cc(NC(=O)c3ccc(F)cn3)ccc2F)CS1=O. The predicted octanol–water partition coefficient (Wildman–Crippen LogP) is 3.72. The highest BCUT2D eigenvalue weighted by molar-refractivity contribution is 7.87. The molecular formula is C21H24F2N4O2S. The summed E-state index contributed by atoms with van der Waals surface area (Å²) in [7, 11) is -1.31. The third-order valence-corrected chi connectivity index (χ3v) is 7.50. The third-order valence-electron chi connectivity index (χ3n) is 5.30. The second kappa shape index (κ2) is 8.99. The first kappa shape index (κ1) is 22.0. The molecule has 160 valence electrons. The van der Waals surface area contributed by atoms with Crippen LogP contribution in [0.15, 0.2) is 41.5 Å². The van der Waals surface area contributed by atoms with E-state index >= 15 is 0 Å². The van der Waals surface area contributed by atoms with Crippen molar-refractivity contribution in [1.29, 1.82) is 0 Å². The highest BCUT2D eigenvalue weighted by Gasteiger charge is 2.43. The van der Waals surface area contributed by atoms with Crippen LogP contribution in [0.2, 0.25) is 0 Å². The van der Waals surface area contributed by atoms with E-state index in [0.717, 1.165) is 18.7 Å². The van der Waals surface area contributed by atoms with E-state index in [1.807, 2.05) is 13.8 Å². The largest absolute Gasteiger partial charge is 0.386 e. The Morgan fingerprint density at radius 1 is 1.30 bits per heavy atom. The zero-order valence-electron chi connectivity index (χ0n) is 16.8. The molecule has 0 saturated heterocycles. The molecule has 1 aliphatic heterocycles. The number of benzene rings is 1. The highest BCUT2D eigenvalue weighted by Crippen LogP contribution is 2.36. The minimum atomic E-state index is -1.31. The van der Waals surface area contributed by atoms with Gasteiger partial charge in [0.15, 0.2) is 0 Å². The van der Waals surface area contributed by atoms with Gasteiger partial charge in [0.1, 0.15) is 27.9 Å². The lowest BCUT2D eigenvalue weighted by molar-refractivity contribution is 0.102. The van der Waals surface area contributed by atoms with Crippen LogP contribution < -0.4 is 11.1 Å². The van der Waals surface area contributed by atoms with Crippen molar-refractivity contribution in [3.63, 3.8) is 0 Å². The minimum Gasteiger partial charge on any atom is -0.386 e. The molecule has 0 bridgehead atoms. The molecule has 30 heavy (non-hydrogen) atoms. The van der Waals surface area contributed by atoms with Gasteiger partial charge in [0.25, 0.3) is 5.91 Å². The Bertz CT molecular complexity index is 997. The minimum absolute atomic E-state index is 0.0237. The molecule has 9 heteroatoms. The van der Waals surface area contributed by atoms with Crippen molar-refractivity contribution < 1.29 is 17.8 Å². The predicted molar refractivity (Wildman–Crippen MR) is 114 cm³/mol. The lowest BCUT2D eigenvalue weighted by Crippen LogP contribution is -2.51. The quantitative estimate of drug-likeness (QED) is 0.724. The van der Waals surface area contributed by atoms with Crippen molar-refractivity contribution in [2.24, 2.45) is 10.7 Å². The van der Waals surface area contributed by atoms with Crippen molar-refractivity contribution in [3.05, 3.63) is 59.4 Å². The first-order chi connectivity index (χ1) is 14.3. The molecule has 1 aliphatic rings. The maximum absolute atomic E-state index is 14.6. The monoisotopic (exact) mass is 434 g/mol. The topological polar surface area (TPSA) is 97.4 Å². The first-order valence-corrected chi connectivity index (χ1v) is 11.1. The number of pyridine rings is 1. The van der Waals surface area contributed by atoms with Crippen LogP contribution >= 0.6 is 0 Å². The number of nitrogens with one attached hydrogen (secondary N) is 1. The number of nitrogens with zero attached hydrogens (tertiary/aromatic N) is 2. The summed E-state index contributed by atoms with van der Waals surface area (Å²) in [6.07, 6.45) is 3.00. The van der Waals surface area contributed by atoms with Crippen LogP contribution in [0.3, 0.4) is 0 Å². The van der Waals surface area contributed by atoms with Crippen LogP contribution in [0.4, 0.5) is 14.5 Å². The molecule has 1 aromatic heterocycles. The van der Waals surface area contributed by atoms with E-state index in [0.29, 0.717) is 18.5 Å². The second-order valence-corrected chi connectivity index (χ2v) is 9.00. The average Bonchev–Trinajstić information content (AvgIpc) is 2.72. The molecule has 1 amide bonds. The summed E-state index contributed by atoms with van der Waals surface area (Å²) in [4.78, 5) is 20.5. The van der Waals surface area contributed by atoms with Gasteiger partial charge >= 0.3 is 0 Å². The van der Waals surface area contributed by atoms with E-state index in [2.05, 4.69) is 15.3 Å². The van der Waals surface area contributed by atoms with E-state index in [-0.39, 0.29) is 22.8 Å². The smallest absolute Gasteiger partial charge is 0.274 e. The van der Waals surface area contributed by atoms with Crippen molar-refractivity contribution in [1.82, 2.24) is 4.98 Å². The Balaban J connectivity index is 1.88. The van der Waals surface area contributed by atoms with E-state index in [1.165, 1.54) is 24.3 Å². The first-order valence-electron chi connectivity index (χ1n) is 9.75. The van der Waals surface area contributed by atoms with E-state index < -0.39 is 39.1 Å². The molecule has 0 aliphatic carbocycles. The number of rotatable bonds is 6. The van der Waals surface area contributed by atoms with Crippen molar-refractivity contribution in [2.75, 3.05) is 11.1 Å². The lowest BCUT2D eigenvalue weighted by Gasteiger charge is -2.36. The molecule has 1 aromatic carbocycles. The molecule has 3 atom stereocenters. The van der Waals surface area contributed by atoms with Gasteiger partial charge in [-0.15, -0.1) is 0 Å². The summed E-state index contributed by atoms with van der Waals surface area (Å²) in [6, 6.07) is 5.74. The summed E-state index contributed by atoms with van der Waals surface area (Å²) < 4.78 is 39.9. The fourth-order valence-electron chi connectivity index (χ4n) is 3.65. The normalized spacial score (nSPS) is 23.7. The van der Waals surface area contributed by atoms with Crippen LogP contribution in [0.25, 0.3) is 0 Å². The number of carbonyl (C=O) groups excluding carboxylic acids is 1. The number of amides is 1. The summed E-state index contributed by atoms with van der Waals surface area (Å²) >= 11 is 0. The molecule has 0 radical (unpaired) electrons. The van der Waals surface area contributed by atoms with Crippen molar-refractivity contribution in [3.8, 4) is 0 Å². The summed E-state index contributed by atoms with van der Waals surface area (Å²) in [5, 5.41) is 2.61. The number of hydrogen-bond acceptors (Lipinski definition) is 5. The van der Waals surface area contributed by atoms with Gasteiger partial charge in [0.05, 0.1) is 18.0 Å². The van der Waals surface area contributed by atoms with E-state index in [4.69, 9.17) is 5.73 Å². The molecule has 2 heterocycles. The van der Waals surface area contributed by atoms with Gasteiger partial charge in [-0.05, 0) is 43.2 Å². The maximum Gasteiger partial charge on any atom is 0.274 e. The highest BCUT2D eigenvalue weighted by atomic mass is 32.2. The Morgan fingerprint density at radius 2 is 2.07 bits per heavy atom. The van der Waals surface area contributed by atoms with Gasteiger partial charge in [-0.1, -0.05) is 20.3 Å². The molecule has 0 saturated carbocycles. The fraction of sp³-hybridized carbons (Fsp3) is 0.381. The van der Waals surface area contributed by atoms with Crippen LogP contribution in [-0.4, -0.2) is 31.4 Å². The number of nitrogens with two attached hydrogens (primary N) is 1. The molecule has 2 aromatic rings. The summed E-state index contributed by atoms with van der Waals surface area (Å²) in [6.45, 7) is 3.92. The van der Waals surface area contributed by atoms with Gasteiger partial charge in [-0.2, -0.15) is 0 Å². The molecule has 0 fully saturated rings. The van der Waals surface area contributed by atoms with Gasteiger partial charge in [0.2, 0.25) is 0 Å². The summed E-state index contributed by atoms with van der Waals surface area (Å²) in [5.74, 6) is -1.20. The van der Waals surface area contributed by atoms with Crippen molar-refractivity contribution >= 4 is 28.2 Å². The zero-order valence-corrected chi connectivity index (χ0v) is 17.6. The Kier molecular flexibility index (Phi) is 6.60. The molecule has 3 unspecified atom stereocenters. The van der Waals surface area contributed by atoms with Gasteiger partial charge in [-0.25, -0.2) is 13.8 Å². The van der Waals surface area contributed by atoms with Gasteiger partial charge < -0.3 is 11.1 Å². The van der Waals surface area contributed by atoms with E-state index in [9.17, 15) is 17.8 Å². The molecule has 3 rings (SSSR count). The maximum atomic E-state index is 14.6. The average molecular weight is 435 g/mol. The molecule has 3 N–H and O–H groups in total. The summed E-state index contributed by atoms with van der Waals surface area (Å²) in [5.41, 5.74) is 6.76. The zero-order chi connectivity index (χ0) is 21.9. The lowest BCUT2D eigenvalue weighted by atomic mass is 9.97. The standard InChI is InChI=1S/C21H24F2N4O2S/c1-3-9-21(4-2)20(24)27-18(12-30(21)29)15-10-14(6-7-16(15)23)26-19(28)17-8-5-13(22)11-25-17/h5-8,10-11,18H,3-4,9,12H2,1-2H3,(H2,24,27)(H,26,28). The van der Waals surface area contributed by atoms with Crippen LogP contribution in [0.5, 0.6) is 0 Å². The van der Waals surface area contributed by atoms with E-state index in [1.54, 1.807) is 0 Å². The number of halogens is 2. The fourth-order valence-corrected chi connectivity index (χ4v) is 5.55. The van der Waals surface area contributed by atoms with Crippen LogP contribution in [0, 0.1) is 11.6 Å². The Hall–Kier alpha value is -2.68. The number of amidine groups is 1. The third kappa shape index (κ3) is 4.26. The van der Waals surface area contributed by atoms with Crippen molar-refractivity contribution in [2.45, 2.75) is 43.9 Å². The number of anilines is 1. The molecular weight excluding hydrogens is 410 g/mol. The molecule has 6 nitrogen and oxygen atoms in total. The van der Waals surface area contributed by atoms with Crippen LogP contribution in [0.1, 0.15) is 55.2 Å². The number of carbonyl (C=O) groups is 1. The Labute approximate surface area is 176 Å². The number of aliphatic imine (C=N–C) groups is 1.